The van der Waals surface area contributed by atoms with E-state index >= 15 is 0 Å². The molecule has 2 amide bonds. The Bertz CT molecular complexity index is 459. The second-order valence-corrected chi connectivity index (χ2v) is 4.77. The van der Waals surface area contributed by atoms with Gasteiger partial charge in [0.2, 0.25) is 0 Å². The van der Waals surface area contributed by atoms with Crippen molar-refractivity contribution in [2.75, 3.05) is 11.9 Å². The van der Waals surface area contributed by atoms with Gasteiger partial charge in [0.05, 0.1) is 4.92 Å². The van der Waals surface area contributed by atoms with Gasteiger partial charge in [0.1, 0.15) is 0 Å². The molecule has 0 spiro atoms. The third kappa shape index (κ3) is 4.85. The average Bonchev–Trinajstić information content (AvgIpc) is 2.38. The van der Waals surface area contributed by atoms with Crippen LogP contribution in [0, 0.1) is 16.0 Å². The van der Waals surface area contributed by atoms with E-state index in [1.807, 2.05) is 13.8 Å². The lowest BCUT2D eigenvalue weighted by Gasteiger charge is -2.21. The Hall–Kier alpha value is -2.15. The van der Waals surface area contributed by atoms with Crippen molar-refractivity contribution in [2.45, 2.75) is 26.3 Å². The van der Waals surface area contributed by atoms with Gasteiger partial charge in [-0.05, 0) is 24.5 Å². The Kier molecular flexibility index (Phi) is 5.92. The molecule has 7 nitrogen and oxygen atoms in total. The molecule has 0 aliphatic heterocycles. The smallest absolute Gasteiger partial charge is 0.319 e. The van der Waals surface area contributed by atoms with Gasteiger partial charge < -0.3 is 15.7 Å². The Morgan fingerprint density at radius 3 is 2.40 bits per heavy atom. The topological polar surface area (TPSA) is 104 Å². The van der Waals surface area contributed by atoms with Gasteiger partial charge in [-0.3, -0.25) is 10.1 Å². The maximum atomic E-state index is 11.8. The highest BCUT2D eigenvalue weighted by Crippen LogP contribution is 2.15. The number of anilines is 1. The minimum atomic E-state index is -0.500. The van der Waals surface area contributed by atoms with Gasteiger partial charge in [0.25, 0.3) is 5.69 Å². The molecule has 20 heavy (non-hydrogen) atoms. The maximum Gasteiger partial charge on any atom is 0.319 e. The van der Waals surface area contributed by atoms with E-state index in [4.69, 9.17) is 5.11 Å². The van der Waals surface area contributed by atoms with Crippen molar-refractivity contribution >= 4 is 17.4 Å². The van der Waals surface area contributed by atoms with Crippen LogP contribution in [0.25, 0.3) is 0 Å². The highest BCUT2D eigenvalue weighted by Gasteiger charge is 2.15. The van der Waals surface area contributed by atoms with Gasteiger partial charge >= 0.3 is 6.03 Å². The van der Waals surface area contributed by atoms with Crippen molar-refractivity contribution in [3.63, 3.8) is 0 Å². The molecular formula is C13H19N3O4. The number of carbonyl (C=O) groups is 1. The summed E-state index contributed by atoms with van der Waals surface area (Å²) in [7, 11) is 0. The van der Waals surface area contributed by atoms with E-state index in [1.54, 1.807) is 0 Å². The molecule has 0 bridgehead atoms. The zero-order valence-electron chi connectivity index (χ0n) is 11.5. The zero-order chi connectivity index (χ0) is 15.1. The largest absolute Gasteiger partial charge is 0.396 e. The number of aliphatic hydroxyl groups excluding tert-OH is 1. The Morgan fingerprint density at radius 2 is 1.95 bits per heavy atom. The minimum absolute atomic E-state index is 0.000653. The Labute approximate surface area is 117 Å². The van der Waals surface area contributed by atoms with Crippen molar-refractivity contribution in [1.82, 2.24) is 5.32 Å². The van der Waals surface area contributed by atoms with Crippen molar-refractivity contribution < 1.29 is 14.8 Å². The number of hydrogen-bond donors (Lipinski definition) is 3. The molecule has 0 fully saturated rings. The fraction of sp³-hybridized carbons (Fsp3) is 0.462. The Morgan fingerprint density at radius 1 is 1.35 bits per heavy atom. The van der Waals surface area contributed by atoms with Crippen LogP contribution in [0.2, 0.25) is 0 Å². The summed E-state index contributed by atoms with van der Waals surface area (Å²) in [5, 5.41) is 24.8. The van der Waals surface area contributed by atoms with Crippen LogP contribution < -0.4 is 10.6 Å². The van der Waals surface area contributed by atoms with Gasteiger partial charge in [-0.25, -0.2) is 4.79 Å². The lowest BCUT2D eigenvalue weighted by atomic mass is 10.0. The van der Waals surface area contributed by atoms with Gasteiger partial charge in [-0.1, -0.05) is 13.8 Å². The molecule has 1 rings (SSSR count). The molecule has 0 aliphatic rings. The molecule has 0 saturated carbocycles. The second-order valence-electron chi connectivity index (χ2n) is 4.77. The molecule has 1 unspecified atom stereocenters. The molecule has 1 aromatic rings. The predicted molar refractivity (Wildman–Crippen MR) is 75.6 cm³/mol. The normalized spacial score (nSPS) is 12.0. The monoisotopic (exact) mass is 281 g/mol. The van der Waals surface area contributed by atoms with Crippen molar-refractivity contribution in [1.29, 1.82) is 0 Å². The summed E-state index contributed by atoms with van der Waals surface area (Å²) in [5.41, 5.74) is 0.441. The standard InChI is InChI=1S/C13H19N3O4/c1-9(2)12(7-8-17)15-13(18)14-10-3-5-11(6-4-10)16(19)20/h3-6,9,12,17H,7-8H2,1-2H3,(H2,14,15,18). The summed E-state index contributed by atoms with van der Waals surface area (Å²) in [6.07, 6.45) is 0.478. The van der Waals surface area contributed by atoms with Gasteiger partial charge in [0.15, 0.2) is 0 Å². The average molecular weight is 281 g/mol. The number of urea groups is 1. The van der Waals surface area contributed by atoms with Gasteiger partial charge in [-0.2, -0.15) is 0 Å². The van der Waals surface area contributed by atoms with Crippen molar-refractivity contribution in [2.24, 2.45) is 5.92 Å². The van der Waals surface area contributed by atoms with E-state index in [0.29, 0.717) is 12.1 Å². The number of nitrogens with one attached hydrogen (secondary N) is 2. The number of nitrogens with zero attached hydrogens (tertiary/aromatic N) is 1. The molecule has 0 aromatic heterocycles. The van der Waals surface area contributed by atoms with Crippen LogP contribution in [0.5, 0.6) is 0 Å². The van der Waals surface area contributed by atoms with E-state index < -0.39 is 11.0 Å². The maximum absolute atomic E-state index is 11.8. The molecular weight excluding hydrogens is 262 g/mol. The van der Waals surface area contributed by atoms with Gasteiger partial charge in [-0.15, -0.1) is 0 Å². The highest BCUT2D eigenvalue weighted by atomic mass is 16.6. The lowest BCUT2D eigenvalue weighted by molar-refractivity contribution is -0.384. The molecule has 0 aliphatic carbocycles. The first-order valence-electron chi connectivity index (χ1n) is 6.37. The van der Waals surface area contributed by atoms with Gasteiger partial charge in [0, 0.05) is 30.5 Å². The molecule has 3 N–H and O–H groups in total. The zero-order valence-corrected chi connectivity index (χ0v) is 11.5. The van der Waals surface area contributed by atoms with E-state index in [0.717, 1.165) is 0 Å². The summed E-state index contributed by atoms with van der Waals surface area (Å²) in [6.45, 7) is 3.90. The van der Waals surface area contributed by atoms with Crippen LogP contribution in [0.1, 0.15) is 20.3 Å². The van der Waals surface area contributed by atoms with Crippen molar-refractivity contribution in [3.8, 4) is 0 Å². The molecule has 7 heteroatoms. The van der Waals surface area contributed by atoms with Crippen LogP contribution in [0.3, 0.4) is 0 Å². The fourth-order valence-corrected chi connectivity index (χ4v) is 1.71. The SMILES string of the molecule is CC(C)C(CCO)NC(=O)Nc1ccc([N+](=O)[O-])cc1. The number of nitro groups is 1. The second kappa shape index (κ2) is 7.44. The van der Waals surface area contributed by atoms with E-state index in [-0.39, 0.29) is 24.3 Å². The van der Waals surface area contributed by atoms with E-state index in [9.17, 15) is 14.9 Å². The van der Waals surface area contributed by atoms with Crippen LogP contribution >= 0.6 is 0 Å². The molecule has 1 atom stereocenters. The number of hydrogen-bond acceptors (Lipinski definition) is 4. The summed E-state index contributed by atoms with van der Waals surface area (Å²) in [6, 6.07) is 5.05. The predicted octanol–water partition coefficient (Wildman–Crippen LogP) is 2.12. The minimum Gasteiger partial charge on any atom is -0.396 e. The summed E-state index contributed by atoms with van der Waals surface area (Å²) < 4.78 is 0. The fourth-order valence-electron chi connectivity index (χ4n) is 1.71. The summed E-state index contributed by atoms with van der Waals surface area (Å²) >= 11 is 0. The summed E-state index contributed by atoms with van der Waals surface area (Å²) in [4.78, 5) is 21.8. The molecule has 110 valence electrons. The quantitative estimate of drug-likeness (QED) is 0.548. The van der Waals surface area contributed by atoms with E-state index in [1.165, 1.54) is 24.3 Å². The first-order chi connectivity index (χ1) is 9.43. The molecule has 0 saturated heterocycles. The Balaban J connectivity index is 2.59. The number of carbonyl (C=O) groups excluding carboxylic acids is 1. The molecule has 0 radical (unpaired) electrons. The highest BCUT2D eigenvalue weighted by molar-refractivity contribution is 5.89. The molecule has 0 heterocycles. The third-order valence-electron chi connectivity index (χ3n) is 2.90. The van der Waals surface area contributed by atoms with Crippen LogP contribution in [-0.2, 0) is 0 Å². The third-order valence-corrected chi connectivity index (χ3v) is 2.90. The van der Waals surface area contributed by atoms with E-state index in [2.05, 4.69) is 10.6 Å². The number of benzene rings is 1. The number of rotatable bonds is 6. The lowest BCUT2D eigenvalue weighted by Crippen LogP contribution is -2.41. The number of aliphatic hydroxyl groups is 1. The van der Waals surface area contributed by atoms with Crippen LogP contribution in [0.15, 0.2) is 24.3 Å². The van der Waals surface area contributed by atoms with Crippen LogP contribution in [-0.4, -0.2) is 28.7 Å². The number of amides is 2. The molecule has 1 aromatic carbocycles. The first kappa shape index (κ1) is 15.9. The first-order valence-corrected chi connectivity index (χ1v) is 6.37. The van der Waals surface area contributed by atoms with Crippen LogP contribution in [0.4, 0.5) is 16.2 Å². The number of non-ortho nitro benzene ring substituents is 1. The van der Waals surface area contributed by atoms with Crippen molar-refractivity contribution in [3.05, 3.63) is 34.4 Å². The summed E-state index contributed by atoms with van der Waals surface area (Å²) in [5.74, 6) is 0.199. The number of nitro benzene ring substituents is 1.